The first-order chi connectivity index (χ1) is 6.18. The van der Waals surface area contributed by atoms with Gasteiger partial charge < -0.3 is 0 Å². The Labute approximate surface area is 82.4 Å². The Morgan fingerprint density at radius 3 is 3.00 bits per heavy atom. The van der Waals surface area contributed by atoms with Crippen LogP contribution < -0.4 is 0 Å². The molecule has 2 rings (SSSR count). The molecule has 0 saturated heterocycles. The number of rotatable bonds is 1. The summed E-state index contributed by atoms with van der Waals surface area (Å²) in [6, 6.07) is 0. The summed E-state index contributed by atoms with van der Waals surface area (Å²) in [5.41, 5.74) is 2.38. The van der Waals surface area contributed by atoms with Crippen LogP contribution in [0.25, 0.3) is 0 Å². The summed E-state index contributed by atoms with van der Waals surface area (Å²) in [5.74, 6) is 1.89. The van der Waals surface area contributed by atoms with Crippen LogP contribution in [-0.4, -0.2) is 0 Å². The van der Waals surface area contributed by atoms with Gasteiger partial charge in [-0.1, -0.05) is 38.8 Å². The van der Waals surface area contributed by atoms with Crippen molar-refractivity contribution in [3.05, 3.63) is 11.6 Å². The van der Waals surface area contributed by atoms with E-state index >= 15 is 0 Å². The molecule has 1 fully saturated rings. The Morgan fingerprint density at radius 1 is 1.54 bits per heavy atom. The predicted molar refractivity (Wildman–Crippen MR) is 57.6 cm³/mol. The van der Waals surface area contributed by atoms with Gasteiger partial charge in [0.25, 0.3) is 0 Å². The number of allylic oxidation sites excluding steroid dienone is 2. The molecule has 13 heavy (non-hydrogen) atoms. The second-order valence-corrected chi connectivity index (χ2v) is 5.24. The van der Waals surface area contributed by atoms with E-state index in [4.69, 9.17) is 0 Å². The van der Waals surface area contributed by atoms with Gasteiger partial charge in [-0.3, -0.25) is 0 Å². The molecule has 0 aromatic rings. The first-order valence-electron chi connectivity index (χ1n) is 5.88. The van der Waals surface area contributed by atoms with E-state index in [1.54, 1.807) is 5.57 Å². The Hall–Kier alpha value is -0.260. The van der Waals surface area contributed by atoms with Crippen molar-refractivity contribution in [1.82, 2.24) is 0 Å². The molecule has 2 aliphatic carbocycles. The van der Waals surface area contributed by atoms with Gasteiger partial charge in [0.1, 0.15) is 0 Å². The second kappa shape index (κ2) is 3.15. The molecule has 2 unspecified atom stereocenters. The SMILES string of the molecule is CCC1C(C)CC2=CCCC[C@@]21C. The van der Waals surface area contributed by atoms with E-state index in [1.165, 1.54) is 32.1 Å². The molecular weight excluding hydrogens is 156 g/mol. The molecule has 74 valence electrons. The molecule has 0 spiro atoms. The minimum Gasteiger partial charge on any atom is -0.0848 e. The molecule has 1 saturated carbocycles. The summed E-state index contributed by atoms with van der Waals surface area (Å²) < 4.78 is 0. The minimum absolute atomic E-state index is 0.590. The lowest BCUT2D eigenvalue weighted by Crippen LogP contribution is -2.26. The molecule has 0 N–H and O–H groups in total. The van der Waals surface area contributed by atoms with Gasteiger partial charge in [-0.25, -0.2) is 0 Å². The Balaban J connectivity index is 2.31. The summed E-state index contributed by atoms with van der Waals surface area (Å²) >= 11 is 0. The van der Waals surface area contributed by atoms with Crippen LogP contribution in [0, 0.1) is 17.3 Å². The Morgan fingerprint density at radius 2 is 2.31 bits per heavy atom. The molecule has 0 aromatic carbocycles. The van der Waals surface area contributed by atoms with E-state index < -0.39 is 0 Å². The Bertz CT molecular complexity index is 226. The van der Waals surface area contributed by atoms with E-state index in [9.17, 15) is 0 Å². The maximum absolute atomic E-state index is 2.54. The quantitative estimate of drug-likeness (QED) is 0.529. The zero-order valence-electron chi connectivity index (χ0n) is 9.27. The first-order valence-corrected chi connectivity index (χ1v) is 5.88. The van der Waals surface area contributed by atoms with Gasteiger partial charge in [-0.05, 0) is 42.9 Å². The third kappa shape index (κ3) is 1.26. The highest BCUT2D eigenvalue weighted by atomic mass is 14.5. The van der Waals surface area contributed by atoms with Crippen molar-refractivity contribution >= 4 is 0 Å². The smallest absolute Gasteiger partial charge is 0.00854 e. The normalized spacial score (nSPS) is 44.4. The molecule has 0 amide bonds. The van der Waals surface area contributed by atoms with Gasteiger partial charge >= 0.3 is 0 Å². The van der Waals surface area contributed by atoms with Crippen molar-refractivity contribution in [1.29, 1.82) is 0 Å². The molecule has 0 radical (unpaired) electrons. The lowest BCUT2D eigenvalue weighted by Gasteiger charge is -2.36. The summed E-state index contributed by atoms with van der Waals surface area (Å²) in [7, 11) is 0. The fourth-order valence-corrected chi connectivity index (χ4v) is 3.85. The topological polar surface area (TPSA) is 0 Å². The predicted octanol–water partition coefficient (Wildman–Crippen LogP) is 4.17. The monoisotopic (exact) mass is 178 g/mol. The first kappa shape index (κ1) is 9.30. The summed E-state index contributed by atoms with van der Waals surface area (Å²) in [4.78, 5) is 0. The standard InChI is InChI=1S/C13H22/c1-4-12-10(2)9-11-7-5-6-8-13(11,12)3/h7,10,12H,4-6,8-9H2,1-3H3/t10?,12?,13-/m0/s1. The van der Waals surface area contributed by atoms with Gasteiger partial charge in [0, 0.05) is 0 Å². The largest absolute Gasteiger partial charge is 0.0848 e. The third-order valence-electron chi connectivity index (χ3n) is 4.51. The van der Waals surface area contributed by atoms with Crippen LogP contribution in [-0.2, 0) is 0 Å². The molecular formula is C13H22. The van der Waals surface area contributed by atoms with Crippen LogP contribution in [0.3, 0.4) is 0 Å². The van der Waals surface area contributed by atoms with Crippen molar-refractivity contribution in [3.8, 4) is 0 Å². The van der Waals surface area contributed by atoms with Gasteiger partial charge in [-0.2, -0.15) is 0 Å². The van der Waals surface area contributed by atoms with Crippen molar-refractivity contribution in [2.24, 2.45) is 17.3 Å². The van der Waals surface area contributed by atoms with Crippen LogP contribution >= 0.6 is 0 Å². The minimum atomic E-state index is 0.590. The molecule has 0 aliphatic heterocycles. The van der Waals surface area contributed by atoms with E-state index in [-0.39, 0.29) is 0 Å². The van der Waals surface area contributed by atoms with Crippen LogP contribution in [0.15, 0.2) is 11.6 Å². The van der Waals surface area contributed by atoms with Crippen molar-refractivity contribution in [2.45, 2.75) is 52.9 Å². The molecule has 0 nitrogen and oxygen atoms in total. The van der Waals surface area contributed by atoms with E-state index in [0.717, 1.165) is 11.8 Å². The van der Waals surface area contributed by atoms with Crippen LogP contribution in [0.5, 0.6) is 0 Å². The summed E-state index contributed by atoms with van der Waals surface area (Å²) in [6.45, 7) is 7.32. The van der Waals surface area contributed by atoms with E-state index in [1.807, 2.05) is 0 Å². The van der Waals surface area contributed by atoms with Crippen LogP contribution in [0.4, 0.5) is 0 Å². The third-order valence-corrected chi connectivity index (χ3v) is 4.51. The highest BCUT2D eigenvalue weighted by molar-refractivity contribution is 5.23. The van der Waals surface area contributed by atoms with Gasteiger partial charge in [0.05, 0.1) is 0 Å². The zero-order chi connectivity index (χ0) is 9.47. The fourth-order valence-electron chi connectivity index (χ4n) is 3.85. The maximum atomic E-state index is 2.54. The molecule has 3 atom stereocenters. The molecule has 0 aromatic heterocycles. The number of hydrogen-bond donors (Lipinski definition) is 0. The van der Waals surface area contributed by atoms with Crippen LogP contribution in [0.1, 0.15) is 52.9 Å². The van der Waals surface area contributed by atoms with E-state index in [2.05, 4.69) is 26.8 Å². The average Bonchev–Trinajstić information content (AvgIpc) is 2.35. The van der Waals surface area contributed by atoms with Gasteiger partial charge in [-0.15, -0.1) is 0 Å². The maximum Gasteiger partial charge on any atom is -0.00854 e. The zero-order valence-corrected chi connectivity index (χ0v) is 9.27. The van der Waals surface area contributed by atoms with E-state index in [0.29, 0.717) is 5.41 Å². The number of hydrogen-bond acceptors (Lipinski definition) is 0. The summed E-state index contributed by atoms with van der Waals surface area (Å²) in [6.07, 6.45) is 9.50. The highest BCUT2D eigenvalue weighted by Gasteiger charge is 2.45. The van der Waals surface area contributed by atoms with Gasteiger partial charge in [0.15, 0.2) is 0 Å². The molecule has 2 aliphatic rings. The lowest BCUT2D eigenvalue weighted by atomic mass is 9.68. The van der Waals surface area contributed by atoms with Crippen molar-refractivity contribution in [3.63, 3.8) is 0 Å². The molecule has 0 heterocycles. The van der Waals surface area contributed by atoms with Crippen molar-refractivity contribution < 1.29 is 0 Å². The van der Waals surface area contributed by atoms with Crippen molar-refractivity contribution in [2.75, 3.05) is 0 Å². The average molecular weight is 178 g/mol. The highest BCUT2D eigenvalue weighted by Crippen LogP contribution is 2.56. The Kier molecular flexibility index (Phi) is 2.25. The number of fused-ring (bicyclic) bond motifs is 1. The summed E-state index contributed by atoms with van der Waals surface area (Å²) in [5, 5.41) is 0. The van der Waals surface area contributed by atoms with Gasteiger partial charge in [0.2, 0.25) is 0 Å². The molecule has 0 heteroatoms. The fraction of sp³-hybridized carbons (Fsp3) is 0.846. The lowest BCUT2D eigenvalue weighted by molar-refractivity contribution is 0.198. The molecule has 0 bridgehead atoms. The second-order valence-electron chi connectivity index (χ2n) is 5.24. The van der Waals surface area contributed by atoms with Crippen LogP contribution in [0.2, 0.25) is 0 Å².